The molecule has 0 amide bonds. The minimum absolute atomic E-state index is 0.327. The topological polar surface area (TPSA) is 79.3 Å². The number of nitrogens with zero attached hydrogens (tertiary/aromatic N) is 6. The molecule has 8 nitrogen and oxygen atoms in total. The first-order chi connectivity index (χ1) is 15.2. The van der Waals surface area contributed by atoms with Crippen molar-refractivity contribution in [1.29, 1.82) is 0 Å². The summed E-state index contributed by atoms with van der Waals surface area (Å²) in [5.41, 5.74) is 3.37. The Balaban J connectivity index is 1.29. The van der Waals surface area contributed by atoms with Crippen LogP contribution in [0.2, 0.25) is 0 Å². The van der Waals surface area contributed by atoms with Crippen molar-refractivity contribution >= 4 is 23.3 Å². The number of nitrogens with one attached hydrogen (secondary N) is 1. The maximum Gasteiger partial charge on any atom is 0.225 e. The van der Waals surface area contributed by atoms with Gasteiger partial charge in [0.1, 0.15) is 18.8 Å². The number of piperidine rings is 1. The van der Waals surface area contributed by atoms with Gasteiger partial charge in [0.2, 0.25) is 5.95 Å². The lowest BCUT2D eigenvalue weighted by molar-refractivity contribution is 0.310. The van der Waals surface area contributed by atoms with Crippen molar-refractivity contribution in [1.82, 2.24) is 19.9 Å². The van der Waals surface area contributed by atoms with Crippen LogP contribution in [-0.4, -0.2) is 52.2 Å². The third-order valence-corrected chi connectivity index (χ3v) is 5.91. The lowest BCUT2D eigenvalue weighted by Gasteiger charge is -2.34. The molecular weight excluding hydrogens is 390 g/mol. The first-order valence-corrected chi connectivity index (χ1v) is 10.8. The largest absolute Gasteiger partial charge is 0.486 e. The fourth-order valence-corrected chi connectivity index (χ4v) is 4.23. The molecule has 160 valence electrons. The molecule has 2 aliphatic heterocycles. The molecule has 0 bridgehead atoms. The minimum atomic E-state index is 0.327. The van der Waals surface area contributed by atoms with Crippen molar-refractivity contribution in [2.45, 2.75) is 32.7 Å². The summed E-state index contributed by atoms with van der Waals surface area (Å²) in [6.45, 7) is 7.40. The summed E-state index contributed by atoms with van der Waals surface area (Å²) in [5, 5.41) is 3.54. The van der Waals surface area contributed by atoms with E-state index >= 15 is 0 Å². The standard InChI is InChI=1S/C23H27N7O/c1-16-5-3-4-6-19(16)30-11-12-31-20-14-24-23(28-22(20)30)27-18-7-9-29(10-8-18)21-13-17(2)25-15-26-21/h3-6,13-15,18H,7-12H2,1-2H3,(H,24,27,28). The number of benzene rings is 1. The average Bonchev–Trinajstić information content (AvgIpc) is 2.80. The van der Waals surface area contributed by atoms with Crippen LogP contribution in [0.3, 0.4) is 0 Å². The molecule has 1 aromatic carbocycles. The molecule has 0 spiro atoms. The molecule has 2 aliphatic rings. The van der Waals surface area contributed by atoms with Gasteiger partial charge in [0.05, 0.1) is 12.7 Å². The van der Waals surface area contributed by atoms with Gasteiger partial charge in [0, 0.05) is 36.6 Å². The molecule has 1 N–H and O–H groups in total. The SMILES string of the molecule is Cc1cc(N2CCC(Nc3ncc4c(n3)N(c3ccccc3C)CCO4)CC2)ncn1. The Morgan fingerprint density at radius 2 is 1.87 bits per heavy atom. The molecule has 0 atom stereocenters. The van der Waals surface area contributed by atoms with Gasteiger partial charge in [-0.1, -0.05) is 18.2 Å². The molecule has 0 aliphatic carbocycles. The van der Waals surface area contributed by atoms with Crippen molar-refractivity contribution in [2.24, 2.45) is 0 Å². The van der Waals surface area contributed by atoms with Crippen LogP contribution in [0.1, 0.15) is 24.1 Å². The second-order valence-electron chi connectivity index (χ2n) is 8.09. The molecule has 31 heavy (non-hydrogen) atoms. The van der Waals surface area contributed by atoms with Crippen molar-refractivity contribution in [3.8, 4) is 5.75 Å². The number of anilines is 4. The van der Waals surface area contributed by atoms with E-state index in [2.05, 4.69) is 61.3 Å². The van der Waals surface area contributed by atoms with Crippen LogP contribution < -0.4 is 19.9 Å². The van der Waals surface area contributed by atoms with Crippen LogP contribution in [0, 0.1) is 13.8 Å². The zero-order chi connectivity index (χ0) is 21.2. The van der Waals surface area contributed by atoms with Gasteiger partial charge in [-0.25, -0.2) is 15.0 Å². The van der Waals surface area contributed by atoms with Crippen molar-refractivity contribution < 1.29 is 4.74 Å². The predicted octanol–water partition coefficient (Wildman–Crippen LogP) is 3.49. The van der Waals surface area contributed by atoms with E-state index in [4.69, 9.17) is 9.72 Å². The first-order valence-electron chi connectivity index (χ1n) is 10.8. The lowest BCUT2D eigenvalue weighted by Crippen LogP contribution is -2.40. The number of rotatable bonds is 4. The second kappa shape index (κ2) is 8.37. The summed E-state index contributed by atoms with van der Waals surface area (Å²) in [4.78, 5) is 22.5. The van der Waals surface area contributed by atoms with Crippen molar-refractivity contribution in [2.75, 3.05) is 41.4 Å². The van der Waals surface area contributed by atoms with Crippen LogP contribution in [0.15, 0.2) is 42.9 Å². The number of aromatic nitrogens is 4. The van der Waals surface area contributed by atoms with E-state index in [0.717, 1.165) is 61.2 Å². The van der Waals surface area contributed by atoms with Crippen LogP contribution in [-0.2, 0) is 0 Å². The zero-order valence-electron chi connectivity index (χ0n) is 18.0. The van der Waals surface area contributed by atoms with Crippen LogP contribution in [0.5, 0.6) is 5.75 Å². The molecule has 0 unspecified atom stereocenters. The lowest BCUT2D eigenvalue weighted by atomic mass is 10.1. The monoisotopic (exact) mass is 417 g/mol. The van der Waals surface area contributed by atoms with Gasteiger partial charge in [-0.05, 0) is 38.3 Å². The first kappa shape index (κ1) is 19.5. The van der Waals surface area contributed by atoms with Crippen molar-refractivity contribution in [3.05, 3.63) is 54.1 Å². The average molecular weight is 418 g/mol. The molecule has 4 heterocycles. The summed E-state index contributed by atoms with van der Waals surface area (Å²) in [5.74, 6) is 3.21. The Bertz CT molecular complexity index is 1070. The van der Waals surface area contributed by atoms with E-state index < -0.39 is 0 Å². The van der Waals surface area contributed by atoms with Crippen LogP contribution in [0.4, 0.5) is 23.3 Å². The Kier molecular flexibility index (Phi) is 5.28. The van der Waals surface area contributed by atoms with E-state index in [0.29, 0.717) is 18.6 Å². The van der Waals surface area contributed by atoms with Gasteiger partial charge in [-0.3, -0.25) is 0 Å². The summed E-state index contributed by atoms with van der Waals surface area (Å²) >= 11 is 0. The summed E-state index contributed by atoms with van der Waals surface area (Å²) in [6, 6.07) is 10.7. The molecule has 0 saturated carbocycles. The number of fused-ring (bicyclic) bond motifs is 1. The van der Waals surface area contributed by atoms with Gasteiger partial charge in [-0.2, -0.15) is 4.98 Å². The van der Waals surface area contributed by atoms with E-state index in [1.165, 1.54) is 5.56 Å². The fourth-order valence-electron chi connectivity index (χ4n) is 4.23. The number of hydrogen-bond donors (Lipinski definition) is 1. The molecular formula is C23H27N7O. The predicted molar refractivity (Wildman–Crippen MR) is 121 cm³/mol. The van der Waals surface area contributed by atoms with Gasteiger partial charge in [0.25, 0.3) is 0 Å². The number of ether oxygens (including phenoxy) is 1. The summed E-state index contributed by atoms with van der Waals surface area (Å²) < 4.78 is 5.82. The summed E-state index contributed by atoms with van der Waals surface area (Å²) in [6.07, 6.45) is 5.43. The van der Waals surface area contributed by atoms with E-state index in [1.807, 2.05) is 13.0 Å². The normalized spacial score (nSPS) is 16.6. The Labute approximate surface area is 182 Å². The third-order valence-electron chi connectivity index (χ3n) is 5.91. The fraction of sp³-hybridized carbons (Fsp3) is 0.391. The number of para-hydroxylation sites is 1. The number of aryl methyl sites for hydroxylation is 2. The maximum absolute atomic E-state index is 5.82. The van der Waals surface area contributed by atoms with Gasteiger partial charge >= 0.3 is 0 Å². The quantitative estimate of drug-likeness (QED) is 0.691. The molecule has 5 rings (SSSR count). The summed E-state index contributed by atoms with van der Waals surface area (Å²) in [7, 11) is 0. The van der Waals surface area contributed by atoms with E-state index in [-0.39, 0.29) is 0 Å². The van der Waals surface area contributed by atoms with Gasteiger partial charge in [0.15, 0.2) is 11.6 Å². The highest BCUT2D eigenvalue weighted by Crippen LogP contribution is 2.36. The smallest absolute Gasteiger partial charge is 0.225 e. The van der Waals surface area contributed by atoms with Crippen LogP contribution >= 0.6 is 0 Å². The maximum atomic E-state index is 5.82. The highest BCUT2D eigenvalue weighted by Gasteiger charge is 2.25. The Morgan fingerprint density at radius 3 is 2.68 bits per heavy atom. The second-order valence-corrected chi connectivity index (χ2v) is 8.09. The molecule has 8 heteroatoms. The Morgan fingerprint density at radius 1 is 1.03 bits per heavy atom. The molecule has 1 fully saturated rings. The molecule has 3 aromatic rings. The van der Waals surface area contributed by atoms with Gasteiger partial charge in [-0.15, -0.1) is 0 Å². The minimum Gasteiger partial charge on any atom is -0.486 e. The zero-order valence-corrected chi connectivity index (χ0v) is 18.0. The molecule has 0 radical (unpaired) electrons. The third kappa shape index (κ3) is 4.10. The Hall–Kier alpha value is -3.42. The number of hydrogen-bond acceptors (Lipinski definition) is 8. The van der Waals surface area contributed by atoms with Crippen molar-refractivity contribution in [3.63, 3.8) is 0 Å². The van der Waals surface area contributed by atoms with E-state index in [9.17, 15) is 0 Å². The molecule has 1 saturated heterocycles. The van der Waals surface area contributed by atoms with Crippen LogP contribution in [0.25, 0.3) is 0 Å². The highest BCUT2D eigenvalue weighted by atomic mass is 16.5. The van der Waals surface area contributed by atoms with E-state index in [1.54, 1.807) is 12.5 Å². The van der Waals surface area contributed by atoms with Gasteiger partial charge < -0.3 is 19.9 Å². The molecule has 2 aromatic heterocycles. The highest BCUT2D eigenvalue weighted by molar-refractivity contribution is 5.69.